The normalized spacial score (nSPS) is 12.4. The van der Waals surface area contributed by atoms with Crippen LogP contribution in [0.4, 0.5) is 0 Å². The second-order valence-corrected chi connectivity index (χ2v) is 21.5. The molecule has 0 unspecified atom stereocenters. The van der Waals surface area contributed by atoms with E-state index in [2.05, 4.69) is 228 Å². The third-order valence-corrected chi connectivity index (χ3v) is 12.3. The Morgan fingerprint density at radius 1 is 0.516 bits per heavy atom. The van der Waals surface area contributed by atoms with Gasteiger partial charge in [-0.15, -0.1) is 29.3 Å². The van der Waals surface area contributed by atoms with Crippen LogP contribution in [0.2, 0.25) is 0 Å². The minimum atomic E-state index is -0.314. The second-order valence-electron chi connectivity index (χ2n) is 21.5. The molecule has 0 fully saturated rings. The Balaban J connectivity index is 0.00000612. The van der Waals surface area contributed by atoms with Crippen molar-refractivity contribution in [3.63, 3.8) is 0 Å². The van der Waals surface area contributed by atoms with E-state index in [1.807, 2.05) is 6.20 Å². The zero-order valence-electron chi connectivity index (χ0n) is 39.8. The fraction of sp³-hybridized carbons (Fsp3) is 0.288. The molecule has 0 aliphatic carbocycles. The van der Waals surface area contributed by atoms with Gasteiger partial charge in [-0.1, -0.05) is 179 Å². The van der Waals surface area contributed by atoms with Gasteiger partial charge >= 0.3 is 0 Å². The summed E-state index contributed by atoms with van der Waals surface area (Å²) in [5.41, 5.74) is 16.8. The second kappa shape index (κ2) is 17.1. The van der Waals surface area contributed by atoms with Gasteiger partial charge in [0.1, 0.15) is 11.6 Å². The number of pyridine rings is 1. The van der Waals surface area contributed by atoms with E-state index in [9.17, 15) is 5.11 Å². The molecule has 2 heterocycles. The molecule has 4 nitrogen and oxygen atoms in total. The number of phenols is 1. The third kappa shape index (κ3) is 9.31. The number of imidazole rings is 1. The molecular formula is C59H62N3OPt-. The summed E-state index contributed by atoms with van der Waals surface area (Å²) in [7, 11) is 0. The number of aromatic hydroxyl groups is 1. The molecule has 0 amide bonds. The molecule has 0 saturated heterocycles. The van der Waals surface area contributed by atoms with Crippen LogP contribution in [0.1, 0.15) is 111 Å². The monoisotopic (exact) mass is 1020 g/mol. The van der Waals surface area contributed by atoms with Crippen molar-refractivity contribution < 1.29 is 26.2 Å². The average Bonchev–Trinajstić information content (AvgIpc) is 3.62. The number of phenolic OH excluding ortho intramolecular Hbond substituents is 1. The standard InChI is InChI=1S/C59H62N3O.Pt/c1-37-28-41(38-18-15-14-16-19-38)33-47(29-37)62-52-21-17-20-48(53(52)61-55(62)49-35-46(58(8,9)10)36-50(54(49)63)59(11,12)13)42-30-43(32-45(31-42)57(5,6)7)51-34-40(26-27-60-51)39-22-24-44(25-23-39)56(2,3)4;/h14-29,31-36,63H,1-13H3;/q-1;. The topological polar surface area (TPSA) is 50.9 Å². The first-order valence-electron chi connectivity index (χ1n) is 22.3. The van der Waals surface area contributed by atoms with E-state index >= 15 is 0 Å². The molecule has 8 rings (SSSR count). The molecule has 1 N–H and O–H groups in total. The number of benzene rings is 6. The summed E-state index contributed by atoms with van der Waals surface area (Å²) in [5.74, 6) is 0.947. The van der Waals surface area contributed by atoms with Gasteiger partial charge in [0.25, 0.3) is 0 Å². The number of aryl methyl sites for hydroxylation is 1. The molecule has 0 atom stereocenters. The molecule has 5 heteroatoms. The Morgan fingerprint density at radius 2 is 1.14 bits per heavy atom. The maximum absolute atomic E-state index is 12.4. The first-order valence-corrected chi connectivity index (χ1v) is 22.3. The van der Waals surface area contributed by atoms with Crippen molar-refractivity contribution in [3.8, 4) is 67.5 Å². The summed E-state index contributed by atoms with van der Waals surface area (Å²) < 4.78 is 2.25. The number of para-hydroxylation sites is 1. The Labute approximate surface area is 396 Å². The molecular weight excluding hydrogens is 962 g/mol. The molecule has 0 radical (unpaired) electrons. The molecule has 0 saturated carbocycles. The van der Waals surface area contributed by atoms with Crippen LogP contribution in [0.25, 0.3) is 72.7 Å². The summed E-state index contributed by atoms with van der Waals surface area (Å²) >= 11 is 0. The van der Waals surface area contributed by atoms with Crippen molar-refractivity contribution in [2.45, 2.75) is 112 Å². The number of hydrogen-bond acceptors (Lipinski definition) is 3. The van der Waals surface area contributed by atoms with Gasteiger partial charge in [-0.25, -0.2) is 4.98 Å². The van der Waals surface area contributed by atoms with Gasteiger partial charge in [-0.2, -0.15) is 0 Å². The van der Waals surface area contributed by atoms with E-state index in [1.54, 1.807) is 0 Å². The van der Waals surface area contributed by atoms with Gasteiger partial charge in [-0.3, -0.25) is 9.55 Å². The average molecular weight is 1020 g/mol. The summed E-state index contributed by atoms with van der Waals surface area (Å²) in [5, 5.41) is 12.4. The van der Waals surface area contributed by atoms with Crippen LogP contribution in [0.5, 0.6) is 5.75 Å². The SMILES string of the molecule is Cc1cc(-c2ccccc2)cc(-n2c(-c3cc(C(C)(C)C)cc(C(C)(C)C)c3O)nc3c(-c4[c-]c(-c5cc(-c6ccc(C(C)(C)C)cc6)ccn5)cc(C(C)(C)C)c4)cccc32)c1.[Pt]. The zero-order valence-corrected chi connectivity index (χ0v) is 42.1. The number of aromatic nitrogens is 3. The molecule has 0 spiro atoms. The van der Waals surface area contributed by atoms with E-state index in [4.69, 9.17) is 9.97 Å². The van der Waals surface area contributed by atoms with Crippen LogP contribution in [0, 0.1) is 13.0 Å². The Bertz CT molecular complexity index is 2980. The van der Waals surface area contributed by atoms with E-state index in [-0.39, 0.29) is 48.5 Å². The van der Waals surface area contributed by atoms with E-state index in [1.165, 1.54) is 11.1 Å². The Morgan fingerprint density at radius 3 is 1.78 bits per heavy atom. The molecule has 0 bridgehead atoms. The van der Waals surface area contributed by atoms with Crippen LogP contribution >= 0.6 is 0 Å². The van der Waals surface area contributed by atoms with Crippen LogP contribution in [-0.4, -0.2) is 19.6 Å². The van der Waals surface area contributed by atoms with Crippen molar-refractivity contribution in [2.75, 3.05) is 0 Å². The van der Waals surface area contributed by atoms with Gasteiger partial charge < -0.3 is 5.11 Å². The van der Waals surface area contributed by atoms with E-state index in [0.29, 0.717) is 11.4 Å². The van der Waals surface area contributed by atoms with Crippen molar-refractivity contribution in [1.82, 2.24) is 14.5 Å². The smallest absolute Gasteiger partial charge is 0.148 e. The minimum Gasteiger partial charge on any atom is -0.507 e. The number of fused-ring (bicyclic) bond motifs is 1. The van der Waals surface area contributed by atoms with Crippen molar-refractivity contribution in [1.29, 1.82) is 0 Å². The Kier molecular flexibility index (Phi) is 12.4. The van der Waals surface area contributed by atoms with Crippen LogP contribution in [0.15, 0.2) is 134 Å². The van der Waals surface area contributed by atoms with Crippen molar-refractivity contribution in [2.24, 2.45) is 0 Å². The quantitative estimate of drug-likeness (QED) is 0.169. The predicted octanol–water partition coefficient (Wildman–Crippen LogP) is 15.8. The summed E-state index contributed by atoms with van der Waals surface area (Å²) in [6.07, 6.45) is 1.91. The molecule has 330 valence electrons. The van der Waals surface area contributed by atoms with Crippen molar-refractivity contribution >= 4 is 11.0 Å². The molecule has 6 aromatic carbocycles. The van der Waals surface area contributed by atoms with Gasteiger partial charge in [0.2, 0.25) is 0 Å². The van der Waals surface area contributed by atoms with Crippen LogP contribution in [-0.2, 0) is 42.7 Å². The summed E-state index contributed by atoms with van der Waals surface area (Å²) in [6, 6.07) is 49.5. The fourth-order valence-corrected chi connectivity index (χ4v) is 8.46. The zero-order chi connectivity index (χ0) is 45.2. The van der Waals surface area contributed by atoms with Gasteiger partial charge in [0, 0.05) is 44.2 Å². The number of nitrogens with zero attached hydrogens (tertiary/aromatic N) is 3. The summed E-state index contributed by atoms with van der Waals surface area (Å²) in [4.78, 5) is 10.6. The first kappa shape index (κ1) is 46.4. The molecule has 2 aromatic heterocycles. The van der Waals surface area contributed by atoms with Crippen molar-refractivity contribution in [3.05, 3.63) is 167 Å². The Hall–Kier alpha value is -5.57. The molecule has 0 aliphatic rings. The number of rotatable bonds is 6. The van der Waals surface area contributed by atoms with Gasteiger partial charge in [0.15, 0.2) is 0 Å². The maximum atomic E-state index is 12.4. The summed E-state index contributed by atoms with van der Waals surface area (Å²) in [6.45, 7) is 28.8. The third-order valence-electron chi connectivity index (χ3n) is 12.3. The molecule has 64 heavy (non-hydrogen) atoms. The first-order chi connectivity index (χ1) is 29.6. The fourth-order valence-electron chi connectivity index (χ4n) is 8.46. The predicted molar refractivity (Wildman–Crippen MR) is 266 cm³/mol. The largest absolute Gasteiger partial charge is 0.507 e. The minimum absolute atomic E-state index is 0. The van der Waals surface area contributed by atoms with Gasteiger partial charge in [0.05, 0.1) is 16.6 Å². The van der Waals surface area contributed by atoms with E-state index < -0.39 is 0 Å². The maximum Gasteiger partial charge on any atom is 0.148 e. The van der Waals surface area contributed by atoms with Crippen LogP contribution < -0.4 is 0 Å². The van der Waals surface area contributed by atoms with Gasteiger partial charge in [-0.05, 0) is 97.9 Å². The molecule has 0 aliphatic heterocycles. The van der Waals surface area contributed by atoms with Crippen LogP contribution in [0.3, 0.4) is 0 Å². The molecule has 8 aromatic rings. The number of hydrogen-bond donors (Lipinski definition) is 1. The van der Waals surface area contributed by atoms with E-state index in [0.717, 1.165) is 78.0 Å².